The monoisotopic (exact) mass is 342 g/mol. The van der Waals surface area contributed by atoms with Crippen molar-refractivity contribution in [1.29, 1.82) is 0 Å². The lowest BCUT2D eigenvalue weighted by Gasteiger charge is -2.15. The van der Waals surface area contributed by atoms with Gasteiger partial charge in [-0.15, -0.1) is 0 Å². The zero-order valence-electron chi connectivity index (χ0n) is 14.1. The van der Waals surface area contributed by atoms with Gasteiger partial charge in [-0.3, -0.25) is 4.79 Å². The van der Waals surface area contributed by atoms with E-state index in [0.717, 1.165) is 31.4 Å². The normalized spacial score (nSPS) is 17.6. The van der Waals surface area contributed by atoms with Crippen molar-refractivity contribution in [3.8, 4) is 5.75 Å². The second-order valence-corrected chi connectivity index (χ2v) is 6.24. The summed E-state index contributed by atoms with van der Waals surface area (Å²) < 4.78 is 19.2. The molecule has 132 valence electrons. The van der Waals surface area contributed by atoms with Gasteiger partial charge in [0.2, 0.25) is 5.91 Å². The van der Waals surface area contributed by atoms with Gasteiger partial charge in [0, 0.05) is 18.7 Å². The molecule has 2 N–H and O–H groups in total. The summed E-state index contributed by atoms with van der Waals surface area (Å²) in [5, 5.41) is 6.23. The number of carbonyl (C=O) groups excluding carboxylic acids is 1. The van der Waals surface area contributed by atoms with Gasteiger partial charge >= 0.3 is 0 Å². The van der Waals surface area contributed by atoms with E-state index in [9.17, 15) is 9.18 Å². The highest BCUT2D eigenvalue weighted by Gasteiger charge is 2.19. The summed E-state index contributed by atoms with van der Waals surface area (Å²) >= 11 is 0. The molecule has 1 fully saturated rings. The SMILES string of the molecule is O=C1NCCCCC1NCc1ccc(OCc2ccccc2F)cc1. The summed E-state index contributed by atoms with van der Waals surface area (Å²) in [5.74, 6) is 0.520. The number of amides is 1. The number of hydrogen-bond acceptors (Lipinski definition) is 3. The smallest absolute Gasteiger partial charge is 0.237 e. The predicted molar refractivity (Wildman–Crippen MR) is 94.7 cm³/mol. The van der Waals surface area contributed by atoms with Crippen molar-refractivity contribution >= 4 is 5.91 Å². The third kappa shape index (κ3) is 5.03. The Kier molecular flexibility index (Phi) is 6.01. The number of ether oxygens (including phenoxy) is 1. The second kappa shape index (κ2) is 8.62. The van der Waals surface area contributed by atoms with Gasteiger partial charge in [-0.2, -0.15) is 0 Å². The Morgan fingerprint density at radius 2 is 1.92 bits per heavy atom. The van der Waals surface area contributed by atoms with E-state index in [2.05, 4.69) is 10.6 Å². The van der Waals surface area contributed by atoms with E-state index in [1.54, 1.807) is 18.2 Å². The van der Waals surface area contributed by atoms with Gasteiger partial charge in [0.1, 0.15) is 18.2 Å². The third-order valence-electron chi connectivity index (χ3n) is 4.36. The molecule has 3 rings (SSSR count). The number of hydrogen-bond donors (Lipinski definition) is 2. The van der Waals surface area contributed by atoms with Crippen LogP contribution in [-0.2, 0) is 17.9 Å². The molecule has 0 radical (unpaired) electrons. The summed E-state index contributed by atoms with van der Waals surface area (Å²) in [6.45, 7) is 1.60. The van der Waals surface area contributed by atoms with Crippen LogP contribution in [0.2, 0.25) is 0 Å². The Bertz CT molecular complexity index is 703. The lowest BCUT2D eigenvalue weighted by Crippen LogP contribution is -2.42. The molecule has 2 aromatic rings. The molecule has 0 saturated carbocycles. The lowest BCUT2D eigenvalue weighted by atomic mass is 10.1. The molecule has 2 aromatic carbocycles. The molecule has 25 heavy (non-hydrogen) atoms. The second-order valence-electron chi connectivity index (χ2n) is 6.24. The van der Waals surface area contributed by atoms with E-state index < -0.39 is 0 Å². The standard InChI is InChI=1S/C20H23FN2O2/c21-18-6-2-1-5-16(18)14-25-17-10-8-15(9-11-17)13-23-19-7-3-4-12-22-20(19)24/h1-2,5-6,8-11,19,23H,3-4,7,12-14H2,(H,22,24). The summed E-state index contributed by atoms with van der Waals surface area (Å²) in [4.78, 5) is 11.9. The zero-order chi connectivity index (χ0) is 17.5. The molecule has 1 aliphatic heterocycles. The van der Waals surface area contributed by atoms with E-state index >= 15 is 0 Å². The fourth-order valence-electron chi connectivity index (χ4n) is 2.86. The molecule has 0 bridgehead atoms. The van der Waals surface area contributed by atoms with E-state index in [0.29, 0.717) is 17.9 Å². The Balaban J connectivity index is 1.50. The number of nitrogens with one attached hydrogen (secondary N) is 2. The molecular formula is C20H23FN2O2. The van der Waals surface area contributed by atoms with Crippen molar-refractivity contribution in [2.24, 2.45) is 0 Å². The van der Waals surface area contributed by atoms with Gasteiger partial charge in [-0.05, 0) is 43.0 Å². The first-order valence-corrected chi connectivity index (χ1v) is 8.68. The molecule has 1 aliphatic rings. The van der Waals surface area contributed by atoms with Crippen LogP contribution in [0.5, 0.6) is 5.75 Å². The minimum absolute atomic E-state index is 0.0855. The van der Waals surface area contributed by atoms with Gasteiger partial charge < -0.3 is 15.4 Å². The first kappa shape index (κ1) is 17.4. The quantitative estimate of drug-likeness (QED) is 0.848. The molecule has 1 heterocycles. The van der Waals surface area contributed by atoms with Crippen LogP contribution in [0.3, 0.4) is 0 Å². The first-order chi connectivity index (χ1) is 12.2. The molecule has 5 heteroatoms. The summed E-state index contributed by atoms with van der Waals surface area (Å²) in [7, 11) is 0. The molecule has 1 saturated heterocycles. The zero-order valence-corrected chi connectivity index (χ0v) is 14.1. The summed E-state index contributed by atoms with van der Waals surface area (Å²) in [5.41, 5.74) is 1.61. The third-order valence-corrected chi connectivity index (χ3v) is 4.36. The summed E-state index contributed by atoms with van der Waals surface area (Å²) in [6.07, 6.45) is 2.97. The van der Waals surface area contributed by atoms with E-state index in [1.807, 2.05) is 24.3 Å². The molecule has 1 amide bonds. The highest BCUT2D eigenvalue weighted by Crippen LogP contribution is 2.16. The fraction of sp³-hybridized carbons (Fsp3) is 0.350. The van der Waals surface area contributed by atoms with Crippen LogP contribution in [0.1, 0.15) is 30.4 Å². The fourth-order valence-corrected chi connectivity index (χ4v) is 2.86. The topological polar surface area (TPSA) is 50.4 Å². The van der Waals surface area contributed by atoms with Crippen LogP contribution in [-0.4, -0.2) is 18.5 Å². The Morgan fingerprint density at radius 3 is 2.72 bits per heavy atom. The van der Waals surface area contributed by atoms with Crippen LogP contribution in [0.15, 0.2) is 48.5 Å². The number of benzene rings is 2. The first-order valence-electron chi connectivity index (χ1n) is 8.68. The van der Waals surface area contributed by atoms with Gasteiger partial charge in [0.05, 0.1) is 6.04 Å². The van der Waals surface area contributed by atoms with Crippen LogP contribution in [0.4, 0.5) is 4.39 Å². The van der Waals surface area contributed by atoms with Gasteiger partial charge in [-0.1, -0.05) is 30.3 Å². The lowest BCUT2D eigenvalue weighted by molar-refractivity contribution is -0.122. The van der Waals surface area contributed by atoms with Gasteiger partial charge in [0.25, 0.3) is 0 Å². The Hall–Kier alpha value is -2.40. The average molecular weight is 342 g/mol. The van der Waals surface area contributed by atoms with Gasteiger partial charge in [0.15, 0.2) is 0 Å². The molecule has 0 spiro atoms. The van der Waals surface area contributed by atoms with Crippen molar-refractivity contribution < 1.29 is 13.9 Å². The minimum Gasteiger partial charge on any atom is -0.489 e. The van der Waals surface area contributed by atoms with Crippen molar-refractivity contribution in [3.05, 3.63) is 65.5 Å². The maximum absolute atomic E-state index is 13.6. The van der Waals surface area contributed by atoms with Crippen molar-refractivity contribution in [1.82, 2.24) is 10.6 Å². The van der Waals surface area contributed by atoms with E-state index in [1.165, 1.54) is 6.07 Å². The molecular weight excluding hydrogens is 319 g/mol. The van der Waals surface area contributed by atoms with Crippen molar-refractivity contribution in [2.45, 2.75) is 38.5 Å². The van der Waals surface area contributed by atoms with Crippen LogP contribution < -0.4 is 15.4 Å². The number of carbonyl (C=O) groups is 1. The molecule has 1 unspecified atom stereocenters. The van der Waals surface area contributed by atoms with E-state index in [-0.39, 0.29) is 24.4 Å². The average Bonchev–Trinajstić information content (AvgIpc) is 2.84. The van der Waals surface area contributed by atoms with E-state index in [4.69, 9.17) is 4.74 Å². The molecule has 0 aliphatic carbocycles. The minimum atomic E-state index is -0.259. The summed E-state index contributed by atoms with van der Waals surface area (Å²) in [6, 6.07) is 14.1. The molecule has 4 nitrogen and oxygen atoms in total. The number of rotatable bonds is 6. The molecule has 0 aromatic heterocycles. The van der Waals surface area contributed by atoms with Crippen LogP contribution >= 0.6 is 0 Å². The van der Waals surface area contributed by atoms with Gasteiger partial charge in [-0.25, -0.2) is 4.39 Å². The predicted octanol–water partition coefficient (Wildman–Crippen LogP) is 3.16. The maximum atomic E-state index is 13.6. The highest BCUT2D eigenvalue weighted by atomic mass is 19.1. The van der Waals surface area contributed by atoms with Crippen LogP contribution in [0.25, 0.3) is 0 Å². The van der Waals surface area contributed by atoms with Crippen LogP contribution in [0, 0.1) is 5.82 Å². The highest BCUT2D eigenvalue weighted by molar-refractivity contribution is 5.81. The maximum Gasteiger partial charge on any atom is 0.237 e. The largest absolute Gasteiger partial charge is 0.489 e. The Labute approximate surface area is 147 Å². The molecule has 1 atom stereocenters. The van der Waals surface area contributed by atoms with Crippen molar-refractivity contribution in [2.75, 3.05) is 6.54 Å². The van der Waals surface area contributed by atoms with Crippen molar-refractivity contribution in [3.63, 3.8) is 0 Å². The number of halogens is 1. The Morgan fingerprint density at radius 1 is 1.12 bits per heavy atom.